The van der Waals surface area contributed by atoms with Crippen molar-refractivity contribution in [2.24, 2.45) is 7.05 Å². The van der Waals surface area contributed by atoms with Crippen molar-refractivity contribution in [3.8, 4) is 34.2 Å². The molecule has 0 fully saturated rings. The normalized spacial score (nSPS) is 10.9. The number of pyridine rings is 1. The first-order chi connectivity index (χ1) is 16.9. The summed E-state index contributed by atoms with van der Waals surface area (Å²) >= 11 is 0. The Morgan fingerprint density at radius 3 is 2.54 bits per heavy atom. The minimum atomic E-state index is -0.621. The Balaban J connectivity index is 1.92. The van der Waals surface area contributed by atoms with Gasteiger partial charge >= 0.3 is 0 Å². The van der Waals surface area contributed by atoms with E-state index in [0.717, 1.165) is 11.3 Å². The Bertz CT molecular complexity index is 1700. The molecule has 0 unspecified atom stereocenters. The molecule has 0 amide bonds. The van der Waals surface area contributed by atoms with Crippen molar-refractivity contribution in [2.45, 2.75) is 6.92 Å². The van der Waals surface area contributed by atoms with Crippen LogP contribution in [0.4, 0.5) is 10.1 Å². The monoisotopic (exact) mass is 466 g/mol. The number of aryl methyl sites for hydroxylation is 2. The van der Waals surface area contributed by atoms with Gasteiger partial charge in [0.1, 0.15) is 0 Å². The molecular formula is C26H19FN6O2. The second-order valence-corrected chi connectivity index (χ2v) is 7.95. The maximum atomic E-state index is 14.6. The number of ether oxygens (including phenoxy) is 1. The van der Waals surface area contributed by atoms with Gasteiger partial charge in [-0.1, -0.05) is 6.07 Å². The quantitative estimate of drug-likeness (QED) is 0.354. The van der Waals surface area contributed by atoms with Crippen LogP contribution in [0.1, 0.15) is 5.69 Å². The fourth-order valence-electron chi connectivity index (χ4n) is 3.95. The van der Waals surface area contributed by atoms with Gasteiger partial charge in [0.15, 0.2) is 28.9 Å². The summed E-state index contributed by atoms with van der Waals surface area (Å²) in [6.07, 6.45) is 5.01. The second kappa shape index (κ2) is 8.50. The zero-order valence-corrected chi connectivity index (χ0v) is 19.2. The first kappa shape index (κ1) is 22.0. The van der Waals surface area contributed by atoms with Gasteiger partial charge in [0, 0.05) is 43.0 Å². The van der Waals surface area contributed by atoms with E-state index in [-0.39, 0.29) is 28.3 Å². The van der Waals surface area contributed by atoms with E-state index < -0.39 is 11.4 Å². The molecule has 9 heteroatoms. The third kappa shape index (κ3) is 3.71. The number of aromatic nitrogens is 5. The van der Waals surface area contributed by atoms with Crippen molar-refractivity contribution >= 4 is 16.6 Å². The molecule has 0 atom stereocenters. The molecule has 172 valence electrons. The van der Waals surface area contributed by atoms with E-state index in [4.69, 9.17) is 16.3 Å². The highest BCUT2D eigenvalue weighted by Gasteiger charge is 2.21. The number of nitrogens with zero attached hydrogens (tertiary/aromatic N) is 6. The van der Waals surface area contributed by atoms with E-state index in [9.17, 15) is 9.18 Å². The SMILES string of the molecule is [C-]#[N+]c1cc(-c2ccc(C)nc2)c2nc(-c3nccn3C)n(-c3ccc(OC)c(F)c3)c(=O)c2c1. The number of hydrogen-bond donors (Lipinski definition) is 0. The molecule has 0 radical (unpaired) electrons. The van der Waals surface area contributed by atoms with Crippen molar-refractivity contribution in [1.29, 1.82) is 0 Å². The summed E-state index contributed by atoms with van der Waals surface area (Å²) < 4.78 is 22.7. The maximum absolute atomic E-state index is 14.6. The van der Waals surface area contributed by atoms with E-state index in [0.29, 0.717) is 16.9 Å². The van der Waals surface area contributed by atoms with Gasteiger partial charge in [0.05, 0.1) is 30.3 Å². The Morgan fingerprint density at radius 2 is 1.91 bits per heavy atom. The smallest absolute Gasteiger partial charge is 0.265 e. The third-order valence-electron chi connectivity index (χ3n) is 5.72. The molecule has 0 saturated carbocycles. The van der Waals surface area contributed by atoms with E-state index in [1.807, 2.05) is 19.1 Å². The topological polar surface area (TPSA) is 79.2 Å². The summed E-state index contributed by atoms with van der Waals surface area (Å²) in [4.78, 5) is 31.1. The van der Waals surface area contributed by atoms with E-state index >= 15 is 0 Å². The summed E-state index contributed by atoms with van der Waals surface area (Å²) in [6, 6.07) is 11.2. The Morgan fingerprint density at radius 1 is 1.09 bits per heavy atom. The molecule has 0 bridgehead atoms. The number of fused-ring (bicyclic) bond motifs is 1. The average molecular weight is 466 g/mol. The van der Waals surface area contributed by atoms with Gasteiger partial charge in [-0.2, -0.15) is 0 Å². The second-order valence-electron chi connectivity index (χ2n) is 7.95. The molecule has 0 spiro atoms. The molecule has 2 aromatic carbocycles. The lowest BCUT2D eigenvalue weighted by atomic mass is 10.0. The molecule has 0 N–H and O–H groups in total. The molecule has 5 rings (SSSR count). The molecular weight excluding hydrogens is 447 g/mol. The molecule has 3 aromatic heterocycles. The number of benzene rings is 2. The lowest BCUT2D eigenvalue weighted by Crippen LogP contribution is -2.23. The summed E-state index contributed by atoms with van der Waals surface area (Å²) in [5.74, 6) is 0.0848. The number of halogens is 1. The summed E-state index contributed by atoms with van der Waals surface area (Å²) in [6.45, 7) is 9.44. The lowest BCUT2D eigenvalue weighted by molar-refractivity contribution is 0.386. The van der Waals surface area contributed by atoms with Crippen molar-refractivity contribution in [1.82, 2.24) is 24.1 Å². The van der Waals surface area contributed by atoms with E-state index in [1.165, 1.54) is 29.9 Å². The first-order valence-corrected chi connectivity index (χ1v) is 10.6. The van der Waals surface area contributed by atoms with Gasteiger partial charge in [-0.15, -0.1) is 0 Å². The number of imidazole rings is 1. The molecule has 35 heavy (non-hydrogen) atoms. The molecule has 3 heterocycles. The summed E-state index contributed by atoms with van der Waals surface area (Å²) in [5.41, 5.74) is 2.64. The molecule has 8 nitrogen and oxygen atoms in total. The zero-order valence-electron chi connectivity index (χ0n) is 19.2. The van der Waals surface area contributed by atoms with Crippen LogP contribution in [0.3, 0.4) is 0 Å². The molecule has 0 aliphatic rings. The van der Waals surface area contributed by atoms with E-state index in [1.54, 1.807) is 42.3 Å². The van der Waals surface area contributed by atoms with E-state index in [2.05, 4.69) is 14.8 Å². The first-order valence-electron chi connectivity index (χ1n) is 10.6. The molecule has 0 saturated heterocycles. The summed E-state index contributed by atoms with van der Waals surface area (Å²) in [7, 11) is 3.15. The third-order valence-corrected chi connectivity index (χ3v) is 5.72. The average Bonchev–Trinajstić information content (AvgIpc) is 3.29. The fraction of sp³-hybridized carbons (Fsp3) is 0.115. The fourth-order valence-corrected chi connectivity index (χ4v) is 3.95. The van der Waals surface area contributed by atoms with Crippen LogP contribution in [0.2, 0.25) is 0 Å². The zero-order chi connectivity index (χ0) is 24.7. The van der Waals surface area contributed by atoms with Crippen LogP contribution in [0.5, 0.6) is 5.75 Å². The molecule has 0 aliphatic heterocycles. The van der Waals surface area contributed by atoms with Crippen LogP contribution in [-0.2, 0) is 7.05 Å². The van der Waals surface area contributed by atoms with Crippen molar-refractivity contribution < 1.29 is 9.13 Å². The minimum absolute atomic E-state index is 0.0542. The Kier molecular flexibility index (Phi) is 5.34. The van der Waals surface area contributed by atoms with Gasteiger partial charge in [-0.05, 0) is 42.8 Å². The van der Waals surface area contributed by atoms with Crippen LogP contribution in [-0.4, -0.2) is 31.2 Å². The Labute approximate surface area is 199 Å². The largest absolute Gasteiger partial charge is 0.494 e. The van der Waals surface area contributed by atoms with Crippen LogP contribution >= 0.6 is 0 Å². The van der Waals surface area contributed by atoms with Gasteiger partial charge in [0.25, 0.3) is 5.56 Å². The van der Waals surface area contributed by atoms with Crippen LogP contribution < -0.4 is 10.3 Å². The number of methoxy groups -OCH3 is 1. The predicted molar refractivity (Wildman–Crippen MR) is 130 cm³/mol. The molecule has 5 aromatic rings. The highest BCUT2D eigenvalue weighted by Crippen LogP contribution is 2.33. The lowest BCUT2D eigenvalue weighted by Gasteiger charge is -2.16. The van der Waals surface area contributed by atoms with Gasteiger partial charge in [-0.3, -0.25) is 14.3 Å². The summed E-state index contributed by atoms with van der Waals surface area (Å²) in [5, 5.41) is 0.225. The van der Waals surface area contributed by atoms with Crippen molar-refractivity contribution in [2.75, 3.05) is 7.11 Å². The maximum Gasteiger partial charge on any atom is 0.265 e. The van der Waals surface area contributed by atoms with Crippen LogP contribution in [0.25, 0.3) is 44.2 Å². The number of rotatable bonds is 4. The minimum Gasteiger partial charge on any atom is -0.494 e. The highest BCUT2D eigenvalue weighted by atomic mass is 19.1. The van der Waals surface area contributed by atoms with Gasteiger partial charge in [0.2, 0.25) is 0 Å². The molecule has 0 aliphatic carbocycles. The standard InChI is InChI=1S/C26H19FN6O2/c1-15-5-6-16(14-30-15)19-11-17(28-2)12-20-23(19)31-25(24-29-9-10-32(24)3)33(26(20)34)18-7-8-22(35-4)21(27)13-18/h5-14H,1,3-4H3. The van der Waals surface area contributed by atoms with Gasteiger partial charge in [-0.25, -0.2) is 19.2 Å². The Hall–Kier alpha value is -4.84. The predicted octanol–water partition coefficient (Wildman–Crippen LogP) is 4.86. The number of hydrogen-bond acceptors (Lipinski definition) is 5. The highest BCUT2D eigenvalue weighted by molar-refractivity contribution is 5.97. The van der Waals surface area contributed by atoms with Gasteiger partial charge < -0.3 is 9.30 Å². The van der Waals surface area contributed by atoms with Crippen LogP contribution in [0, 0.1) is 19.3 Å². The van der Waals surface area contributed by atoms with Crippen molar-refractivity contribution in [3.05, 3.63) is 94.3 Å². The van der Waals surface area contributed by atoms with Crippen LogP contribution in [0.15, 0.2) is 65.8 Å². The van der Waals surface area contributed by atoms with Crippen molar-refractivity contribution in [3.63, 3.8) is 0 Å².